The van der Waals surface area contributed by atoms with Gasteiger partial charge in [0.05, 0.1) is 0 Å². The number of hydrazine groups is 1. The zero-order valence-electron chi connectivity index (χ0n) is 16.1. The normalized spacial score (nSPS) is 15.3. The first kappa shape index (κ1) is 20.9. The maximum atomic E-state index is 13.7. The van der Waals surface area contributed by atoms with Crippen molar-refractivity contribution in [1.29, 1.82) is 0 Å². The largest absolute Gasteiger partial charge is 0.376 e. The molecule has 2 aromatic carbocycles. The van der Waals surface area contributed by atoms with Gasteiger partial charge in [0, 0.05) is 25.2 Å². The average Bonchev–Trinajstić information content (AvgIpc) is 3.07. The van der Waals surface area contributed by atoms with Gasteiger partial charge in [-0.2, -0.15) is 0 Å². The third-order valence-electron chi connectivity index (χ3n) is 4.23. The summed E-state index contributed by atoms with van der Waals surface area (Å²) >= 11 is 0. The van der Waals surface area contributed by atoms with E-state index in [1.165, 1.54) is 18.1 Å². The summed E-state index contributed by atoms with van der Waals surface area (Å²) in [5.74, 6) is -2.43. The molecule has 1 fully saturated rings. The van der Waals surface area contributed by atoms with Gasteiger partial charge in [0.15, 0.2) is 0 Å². The molecule has 2 N–H and O–H groups in total. The van der Waals surface area contributed by atoms with Gasteiger partial charge in [-0.15, -0.1) is 0 Å². The van der Waals surface area contributed by atoms with Crippen LogP contribution in [0, 0.1) is 5.82 Å². The Morgan fingerprint density at radius 3 is 2.53 bits per heavy atom. The number of halogens is 1. The van der Waals surface area contributed by atoms with E-state index in [0.717, 1.165) is 6.08 Å². The monoisotopic (exact) mass is 410 g/mol. The second-order valence-electron chi connectivity index (χ2n) is 6.33. The van der Waals surface area contributed by atoms with Gasteiger partial charge >= 0.3 is 5.97 Å². The summed E-state index contributed by atoms with van der Waals surface area (Å²) in [5.41, 5.74) is 2.77. The number of hydrogen-bond donors (Lipinski definition) is 2. The zero-order valence-corrected chi connectivity index (χ0v) is 16.1. The molecule has 0 radical (unpaired) electrons. The summed E-state index contributed by atoms with van der Waals surface area (Å²) in [5, 5.41) is 3.84. The standard InChI is InChI=1S/C21H19FN4O4/c1-26-18(21(29)30-25-26)13-17(24-19(27)15-8-3-2-4-9-15)20(28)23-12-11-14-7-5-6-10-16(14)22/h2-10,13,25H,11-12H2,1H3,(H,23,28)/b18-13+,24-17?. The summed E-state index contributed by atoms with van der Waals surface area (Å²) in [6.07, 6.45) is 1.40. The highest BCUT2D eigenvalue weighted by Crippen LogP contribution is 2.10. The van der Waals surface area contributed by atoms with E-state index in [1.807, 2.05) is 0 Å². The topological polar surface area (TPSA) is 100 Å². The van der Waals surface area contributed by atoms with Crippen molar-refractivity contribution in [1.82, 2.24) is 15.9 Å². The Balaban J connectivity index is 1.79. The predicted octanol–water partition coefficient (Wildman–Crippen LogP) is 1.56. The summed E-state index contributed by atoms with van der Waals surface area (Å²) in [7, 11) is 1.50. The van der Waals surface area contributed by atoms with E-state index in [4.69, 9.17) is 0 Å². The number of carbonyl (C=O) groups is 3. The lowest BCUT2D eigenvalue weighted by Crippen LogP contribution is -2.33. The number of carbonyl (C=O) groups excluding carboxylic acids is 3. The number of benzene rings is 2. The number of nitrogens with zero attached hydrogens (tertiary/aromatic N) is 2. The number of rotatable bonds is 6. The van der Waals surface area contributed by atoms with Crippen molar-refractivity contribution < 1.29 is 23.6 Å². The van der Waals surface area contributed by atoms with E-state index in [2.05, 4.69) is 20.7 Å². The highest BCUT2D eigenvalue weighted by Gasteiger charge is 2.26. The van der Waals surface area contributed by atoms with Gasteiger partial charge in [-0.1, -0.05) is 42.0 Å². The third kappa shape index (κ3) is 5.15. The molecule has 1 aliphatic heterocycles. The first-order valence-electron chi connectivity index (χ1n) is 9.07. The highest BCUT2D eigenvalue weighted by molar-refractivity contribution is 6.45. The second kappa shape index (κ2) is 9.57. The lowest BCUT2D eigenvalue weighted by molar-refractivity contribution is -0.142. The van der Waals surface area contributed by atoms with Gasteiger partial charge in [-0.25, -0.2) is 14.2 Å². The van der Waals surface area contributed by atoms with Crippen molar-refractivity contribution >= 4 is 23.5 Å². The average molecular weight is 410 g/mol. The minimum atomic E-state index is -0.725. The van der Waals surface area contributed by atoms with Crippen LogP contribution in [0.5, 0.6) is 0 Å². The molecule has 1 heterocycles. The van der Waals surface area contributed by atoms with Gasteiger partial charge in [-0.05, 0) is 30.2 Å². The first-order chi connectivity index (χ1) is 14.5. The van der Waals surface area contributed by atoms with Crippen LogP contribution in [-0.2, 0) is 20.8 Å². The lowest BCUT2D eigenvalue weighted by atomic mass is 10.1. The molecule has 0 saturated carbocycles. The molecule has 154 valence electrons. The van der Waals surface area contributed by atoms with E-state index < -0.39 is 17.8 Å². The molecule has 0 bridgehead atoms. The quantitative estimate of drug-likeness (QED) is 0.554. The Kier molecular flexibility index (Phi) is 6.66. The van der Waals surface area contributed by atoms with Crippen LogP contribution < -0.4 is 10.9 Å². The van der Waals surface area contributed by atoms with Crippen molar-refractivity contribution in [3.05, 3.63) is 83.3 Å². The molecule has 0 spiro atoms. The summed E-state index contributed by atoms with van der Waals surface area (Å²) in [6, 6.07) is 14.4. The predicted molar refractivity (Wildman–Crippen MR) is 106 cm³/mol. The Bertz CT molecular complexity index is 1020. The van der Waals surface area contributed by atoms with Crippen molar-refractivity contribution in [3.8, 4) is 0 Å². The molecule has 1 aliphatic rings. The van der Waals surface area contributed by atoms with E-state index in [9.17, 15) is 18.8 Å². The highest BCUT2D eigenvalue weighted by atomic mass is 19.1. The van der Waals surface area contributed by atoms with Crippen LogP contribution in [0.15, 0.2) is 71.4 Å². The number of aliphatic imine (C=N–C) groups is 1. The van der Waals surface area contributed by atoms with Crippen molar-refractivity contribution in [2.24, 2.45) is 4.99 Å². The van der Waals surface area contributed by atoms with E-state index in [1.54, 1.807) is 48.5 Å². The molecule has 2 amide bonds. The van der Waals surface area contributed by atoms with Crippen molar-refractivity contribution in [2.75, 3.05) is 13.6 Å². The Morgan fingerprint density at radius 2 is 1.87 bits per heavy atom. The van der Waals surface area contributed by atoms with E-state index in [0.29, 0.717) is 5.56 Å². The molecule has 30 heavy (non-hydrogen) atoms. The molecule has 3 rings (SSSR count). The van der Waals surface area contributed by atoms with Gasteiger partial charge in [0.25, 0.3) is 11.8 Å². The molecule has 8 nitrogen and oxygen atoms in total. The number of likely N-dealkylation sites (N-methyl/N-ethyl adjacent to an activating group) is 1. The SMILES string of the molecule is CN1NOC(=O)/C1=C\C(=NC(=O)c1ccccc1)C(=O)NCCc1ccccc1F. The maximum Gasteiger partial charge on any atom is 0.376 e. The van der Waals surface area contributed by atoms with Crippen LogP contribution in [0.1, 0.15) is 15.9 Å². The van der Waals surface area contributed by atoms with E-state index >= 15 is 0 Å². The summed E-state index contributed by atoms with van der Waals surface area (Å²) in [6.45, 7) is 0.111. The Labute approximate surface area is 172 Å². The number of nitrogens with one attached hydrogen (secondary N) is 2. The fraction of sp³-hybridized carbons (Fsp3) is 0.143. The van der Waals surface area contributed by atoms with Crippen LogP contribution in [0.25, 0.3) is 0 Å². The zero-order chi connectivity index (χ0) is 21.5. The van der Waals surface area contributed by atoms with Crippen molar-refractivity contribution in [2.45, 2.75) is 6.42 Å². The minimum absolute atomic E-state index is 0.00105. The maximum absolute atomic E-state index is 13.7. The minimum Gasteiger partial charge on any atom is -0.350 e. The van der Waals surface area contributed by atoms with Crippen molar-refractivity contribution in [3.63, 3.8) is 0 Å². The second-order valence-corrected chi connectivity index (χ2v) is 6.33. The van der Waals surface area contributed by atoms with Crippen LogP contribution in [0.3, 0.4) is 0 Å². The van der Waals surface area contributed by atoms with Gasteiger partial charge in [-0.3, -0.25) is 14.6 Å². The fourth-order valence-electron chi connectivity index (χ4n) is 2.64. The molecule has 0 atom stereocenters. The molecule has 0 aromatic heterocycles. The van der Waals surface area contributed by atoms with Crippen LogP contribution in [-0.4, -0.2) is 42.1 Å². The van der Waals surface area contributed by atoms with E-state index in [-0.39, 0.29) is 35.8 Å². The fourth-order valence-corrected chi connectivity index (χ4v) is 2.64. The van der Waals surface area contributed by atoms with Crippen LogP contribution in [0.2, 0.25) is 0 Å². The summed E-state index contributed by atoms with van der Waals surface area (Å²) < 4.78 is 13.7. The lowest BCUT2D eigenvalue weighted by Gasteiger charge is -2.09. The molecular formula is C21H19FN4O4. The molecule has 2 aromatic rings. The Morgan fingerprint density at radius 1 is 1.17 bits per heavy atom. The number of hydrogen-bond acceptors (Lipinski definition) is 6. The van der Waals surface area contributed by atoms with Gasteiger partial charge < -0.3 is 10.2 Å². The molecule has 1 saturated heterocycles. The molecule has 0 aliphatic carbocycles. The number of amides is 2. The van der Waals surface area contributed by atoms with Gasteiger partial charge in [0.1, 0.15) is 17.2 Å². The molecular weight excluding hydrogens is 391 g/mol. The third-order valence-corrected chi connectivity index (χ3v) is 4.23. The summed E-state index contributed by atoms with van der Waals surface area (Å²) in [4.78, 5) is 45.5. The van der Waals surface area contributed by atoms with Gasteiger partial charge in [0.2, 0.25) is 0 Å². The Hall–Kier alpha value is -3.85. The molecule has 9 heteroatoms. The smallest absolute Gasteiger partial charge is 0.350 e. The first-order valence-corrected chi connectivity index (χ1v) is 9.07. The van der Waals surface area contributed by atoms with Crippen LogP contribution >= 0.6 is 0 Å². The molecule has 0 unspecified atom stereocenters. The van der Waals surface area contributed by atoms with Crippen LogP contribution in [0.4, 0.5) is 4.39 Å².